The van der Waals surface area contributed by atoms with Crippen LogP contribution in [0.25, 0.3) is 0 Å². The van der Waals surface area contributed by atoms with Crippen molar-refractivity contribution in [2.75, 3.05) is 49.1 Å². The lowest BCUT2D eigenvalue weighted by molar-refractivity contribution is -0.136. The molecule has 0 bridgehead atoms. The van der Waals surface area contributed by atoms with Gasteiger partial charge in [-0.1, -0.05) is 11.6 Å². The van der Waals surface area contributed by atoms with E-state index in [0.29, 0.717) is 35.5 Å². The zero-order valence-electron chi connectivity index (χ0n) is 33.0. The number of amides is 5. The molecule has 4 saturated heterocycles. The molecule has 6 aliphatic rings. The Labute approximate surface area is 351 Å². The molecule has 1 saturated carbocycles. The molecule has 3 aromatic rings. The molecule has 1 aromatic heterocycles. The van der Waals surface area contributed by atoms with Gasteiger partial charge in [0.2, 0.25) is 11.8 Å². The maximum atomic E-state index is 15.5. The predicted molar refractivity (Wildman–Crippen MR) is 216 cm³/mol. The van der Waals surface area contributed by atoms with Gasteiger partial charge in [0, 0.05) is 63.8 Å². The number of anilines is 2. The van der Waals surface area contributed by atoms with Gasteiger partial charge in [-0.25, -0.2) is 4.39 Å². The minimum atomic E-state index is -1.10. The lowest BCUT2D eigenvalue weighted by atomic mass is 9.70. The Morgan fingerprint density at radius 2 is 1.60 bits per heavy atom. The lowest BCUT2D eigenvalue weighted by Gasteiger charge is -2.57. The van der Waals surface area contributed by atoms with E-state index in [0.717, 1.165) is 94.3 Å². The summed E-state index contributed by atoms with van der Waals surface area (Å²) in [5, 5.41) is 23.4. The molecule has 5 aliphatic heterocycles. The highest BCUT2D eigenvalue weighted by molar-refractivity contribution is 6.31. The normalized spacial score (nSPS) is 24.5. The molecule has 17 heteroatoms. The van der Waals surface area contributed by atoms with Crippen LogP contribution in [0.1, 0.15) is 101 Å². The van der Waals surface area contributed by atoms with Crippen molar-refractivity contribution in [3.8, 4) is 11.8 Å². The average Bonchev–Trinajstić information content (AvgIpc) is 3.47. The van der Waals surface area contributed by atoms with Crippen molar-refractivity contribution >= 4 is 52.6 Å². The Morgan fingerprint density at radius 1 is 0.883 bits per heavy atom. The molecule has 2 aromatic carbocycles. The van der Waals surface area contributed by atoms with E-state index in [1.54, 1.807) is 24.3 Å². The summed E-state index contributed by atoms with van der Waals surface area (Å²) in [5.74, 6) is -1.93. The highest BCUT2D eigenvalue weighted by Crippen LogP contribution is 2.44. The van der Waals surface area contributed by atoms with Crippen molar-refractivity contribution in [3.63, 3.8) is 0 Å². The summed E-state index contributed by atoms with van der Waals surface area (Å²) in [6.07, 6.45) is 6.92. The number of carbonyl (C=O) groups is 5. The third kappa shape index (κ3) is 7.64. The topological polar surface area (TPSA) is 181 Å². The fourth-order valence-corrected chi connectivity index (χ4v) is 10.1. The van der Waals surface area contributed by atoms with Gasteiger partial charge in [-0.2, -0.15) is 5.26 Å². The fraction of sp³-hybridized carbons (Fsp3) is 0.488. The van der Waals surface area contributed by atoms with Crippen LogP contribution in [0.3, 0.4) is 0 Å². The highest BCUT2D eigenvalue weighted by Gasteiger charge is 2.49. The van der Waals surface area contributed by atoms with Gasteiger partial charge < -0.3 is 19.9 Å². The number of imide groups is 2. The van der Waals surface area contributed by atoms with Crippen LogP contribution < -0.4 is 25.2 Å². The van der Waals surface area contributed by atoms with Gasteiger partial charge in [-0.05, 0) is 99.6 Å². The van der Waals surface area contributed by atoms with Crippen molar-refractivity contribution in [2.24, 2.45) is 5.41 Å². The largest absolute Gasteiger partial charge is 0.490 e. The lowest BCUT2D eigenvalue weighted by Crippen LogP contribution is -2.64. The summed E-state index contributed by atoms with van der Waals surface area (Å²) in [6, 6.07) is 12.7. The molecule has 1 aliphatic carbocycles. The van der Waals surface area contributed by atoms with Gasteiger partial charge in [0.1, 0.15) is 23.7 Å². The average molecular weight is 838 g/mol. The fourth-order valence-electron chi connectivity index (χ4n) is 9.84. The van der Waals surface area contributed by atoms with E-state index in [4.69, 9.17) is 21.6 Å². The Bertz CT molecular complexity index is 2270. The van der Waals surface area contributed by atoms with Crippen molar-refractivity contribution in [2.45, 2.75) is 88.4 Å². The highest BCUT2D eigenvalue weighted by atomic mass is 35.5. The molecule has 15 nitrogen and oxygen atoms in total. The first kappa shape index (κ1) is 39.8. The molecular formula is C43H45ClFN9O6. The maximum absolute atomic E-state index is 15.5. The van der Waals surface area contributed by atoms with Crippen LogP contribution in [0, 0.1) is 22.6 Å². The Hall–Kier alpha value is -5.66. The SMILES string of the molecule is N#Cc1ccc(O[C@H]2CC[C@H](NC(=O)c3ccc(N4CCC(N5CC6(CCN(c7cc8c(cc7F)C(=O)N(C7CCC(=O)NC7=O)C8=O)CC6)C5)CC4)nn3)CC2)cc1Cl. The van der Waals surface area contributed by atoms with Crippen LogP contribution in [0.5, 0.6) is 5.75 Å². The van der Waals surface area contributed by atoms with Gasteiger partial charge in [0.25, 0.3) is 17.7 Å². The number of nitrogens with zero attached hydrogens (tertiary/aromatic N) is 7. The second-order valence-electron chi connectivity index (χ2n) is 17.0. The number of halogens is 2. The molecule has 2 N–H and O–H groups in total. The minimum Gasteiger partial charge on any atom is -0.490 e. The van der Waals surface area contributed by atoms with Gasteiger partial charge in [-0.15, -0.1) is 10.2 Å². The number of ether oxygens (including phenoxy) is 1. The molecule has 0 radical (unpaired) electrons. The quantitative estimate of drug-likeness (QED) is 0.309. The molecule has 60 heavy (non-hydrogen) atoms. The standard InChI is InChI=1S/C43H45ClFN9O6/c44-32-19-29(4-1-25(32)22-46)60-28-5-2-26(3-6-28)47-39(56)34-7-9-37(50-49-34)52-15-11-27(12-16-52)53-23-43(24-53)13-17-51(18-14-43)36-21-31-30(20-33(36)45)41(58)54(42(31)59)35-8-10-38(55)48-40(35)57/h1,4,7,9,19-21,26-28,35H,2-3,5-6,8,10-18,23-24H2,(H,47,56)(H,48,55,57)/t26-,28-,35?. The van der Waals surface area contributed by atoms with Crippen molar-refractivity contribution in [1.82, 2.24) is 30.6 Å². The molecule has 5 amide bonds. The summed E-state index contributed by atoms with van der Waals surface area (Å²) >= 11 is 6.15. The summed E-state index contributed by atoms with van der Waals surface area (Å²) < 4.78 is 21.6. The zero-order chi connectivity index (χ0) is 41.7. The zero-order valence-corrected chi connectivity index (χ0v) is 33.8. The monoisotopic (exact) mass is 837 g/mol. The van der Waals surface area contributed by atoms with Crippen molar-refractivity contribution < 1.29 is 33.1 Å². The van der Waals surface area contributed by atoms with Crippen molar-refractivity contribution in [1.29, 1.82) is 5.26 Å². The van der Waals surface area contributed by atoms with Gasteiger partial charge in [0.15, 0.2) is 11.5 Å². The third-order valence-electron chi connectivity index (χ3n) is 13.3. The summed E-state index contributed by atoms with van der Waals surface area (Å²) in [5.41, 5.74) is 1.17. The number of likely N-dealkylation sites (tertiary alicyclic amines) is 1. The summed E-state index contributed by atoms with van der Waals surface area (Å²) in [6.45, 7) is 4.89. The first-order chi connectivity index (χ1) is 29.0. The first-order valence-corrected chi connectivity index (χ1v) is 21.2. The molecule has 5 fully saturated rings. The van der Waals surface area contributed by atoms with Crippen LogP contribution in [-0.4, -0.2) is 113 Å². The second kappa shape index (κ2) is 16.1. The number of hydrogen-bond acceptors (Lipinski definition) is 12. The molecule has 312 valence electrons. The van der Waals surface area contributed by atoms with Crippen LogP contribution in [0.2, 0.25) is 5.02 Å². The van der Waals surface area contributed by atoms with Crippen LogP contribution in [-0.2, 0) is 9.59 Å². The number of nitriles is 1. The van der Waals surface area contributed by atoms with E-state index < -0.39 is 35.5 Å². The predicted octanol–water partition coefficient (Wildman–Crippen LogP) is 4.23. The van der Waals surface area contributed by atoms with Crippen molar-refractivity contribution in [3.05, 3.63) is 75.7 Å². The number of fused-ring (bicyclic) bond motifs is 1. The van der Waals surface area contributed by atoms with E-state index in [-0.39, 0.29) is 58.8 Å². The molecule has 1 unspecified atom stereocenters. The first-order valence-electron chi connectivity index (χ1n) is 20.8. The van der Waals surface area contributed by atoms with E-state index in [9.17, 15) is 24.0 Å². The van der Waals surface area contributed by atoms with E-state index in [2.05, 4.69) is 30.6 Å². The molecule has 9 rings (SSSR count). The van der Waals surface area contributed by atoms with Crippen LogP contribution in [0.15, 0.2) is 42.5 Å². The van der Waals surface area contributed by atoms with Gasteiger partial charge in [0.05, 0.1) is 33.5 Å². The Balaban J connectivity index is 0.709. The second-order valence-corrected chi connectivity index (χ2v) is 17.4. The van der Waals surface area contributed by atoms with Gasteiger partial charge in [-0.3, -0.25) is 39.1 Å². The summed E-state index contributed by atoms with van der Waals surface area (Å²) in [7, 11) is 0. The minimum absolute atomic E-state index is 0.00959. The Morgan fingerprint density at radius 3 is 2.25 bits per heavy atom. The number of rotatable bonds is 8. The molecular weight excluding hydrogens is 793 g/mol. The number of aromatic nitrogens is 2. The van der Waals surface area contributed by atoms with E-state index in [1.807, 2.05) is 17.0 Å². The smallest absolute Gasteiger partial charge is 0.272 e. The Kier molecular flexibility index (Phi) is 10.7. The molecule has 6 heterocycles. The summed E-state index contributed by atoms with van der Waals surface area (Å²) in [4.78, 5) is 71.2. The van der Waals surface area contributed by atoms with Crippen LogP contribution >= 0.6 is 11.6 Å². The van der Waals surface area contributed by atoms with Crippen LogP contribution in [0.4, 0.5) is 15.9 Å². The number of nitrogens with one attached hydrogen (secondary N) is 2. The maximum Gasteiger partial charge on any atom is 0.272 e. The number of piperidine rings is 3. The number of carbonyl (C=O) groups excluding carboxylic acids is 5. The number of hydrogen-bond donors (Lipinski definition) is 2. The number of benzene rings is 2. The van der Waals surface area contributed by atoms with E-state index >= 15 is 4.39 Å². The van der Waals surface area contributed by atoms with E-state index in [1.165, 1.54) is 6.07 Å². The molecule has 1 spiro atoms. The molecule has 1 atom stereocenters. The third-order valence-corrected chi connectivity index (χ3v) is 13.6. The van der Waals surface area contributed by atoms with Gasteiger partial charge >= 0.3 is 0 Å².